The molecule has 0 bridgehead atoms. The van der Waals surface area contributed by atoms with Crippen molar-refractivity contribution in [3.63, 3.8) is 0 Å². The molecule has 0 fully saturated rings. The molecule has 1 unspecified atom stereocenters. The molecule has 0 radical (unpaired) electrons. The number of rotatable bonds is 5. The molecule has 0 N–H and O–H groups in total. The summed E-state index contributed by atoms with van der Waals surface area (Å²) in [5.74, 6) is 0.331. The summed E-state index contributed by atoms with van der Waals surface area (Å²) in [7, 11) is 3.73. The van der Waals surface area contributed by atoms with Crippen LogP contribution in [0.1, 0.15) is 32.3 Å². The minimum Gasteiger partial charge on any atom is -0.341 e. The van der Waals surface area contributed by atoms with Gasteiger partial charge in [-0.25, -0.2) is 0 Å². The molecular formula is C12H21N3O. The number of carbonyl (C=O) groups is 1. The summed E-state index contributed by atoms with van der Waals surface area (Å²) in [5, 5.41) is 4.09. The van der Waals surface area contributed by atoms with E-state index in [4.69, 9.17) is 0 Å². The van der Waals surface area contributed by atoms with Gasteiger partial charge in [0, 0.05) is 38.3 Å². The lowest BCUT2D eigenvalue weighted by Crippen LogP contribution is -2.31. The Bertz CT molecular complexity index is 346. The van der Waals surface area contributed by atoms with Gasteiger partial charge >= 0.3 is 0 Å². The summed E-state index contributed by atoms with van der Waals surface area (Å²) in [4.78, 5) is 13.7. The van der Waals surface area contributed by atoms with E-state index in [0.717, 1.165) is 18.4 Å². The molecule has 1 aromatic rings. The first-order chi connectivity index (χ1) is 7.54. The summed E-state index contributed by atoms with van der Waals surface area (Å²) < 4.78 is 1.75. The molecule has 0 aliphatic rings. The second kappa shape index (κ2) is 5.68. The zero-order valence-electron chi connectivity index (χ0n) is 10.6. The smallest absolute Gasteiger partial charge is 0.225 e. The molecular weight excluding hydrogens is 202 g/mol. The Labute approximate surface area is 97.2 Å². The summed E-state index contributed by atoms with van der Waals surface area (Å²) in [6.45, 7) is 4.73. The lowest BCUT2D eigenvalue weighted by atomic mass is 10.0. The average molecular weight is 223 g/mol. The maximum absolute atomic E-state index is 11.9. The van der Waals surface area contributed by atoms with Gasteiger partial charge < -0.3 is 4.90 Å². The van der Waals surface area contributed by atoms with Crippen LogP contribution >= 0.6 is 0 Å². The Morgan fingerprint density at radius 1 is 1.62 bits per heavy atom. The van der Waals surface area contributed by atoms with Crippen molar-refractivity contribution in [2.24, 2.45) is 13.0 Å². The van der Waals surface area contributed by atoms with Gasteiger partial charge in [0.15, 0.2) is 0 Å². The molecule has 16 heavy (non-hydrogen) atoms. The number of aromatic nitrogens is 2. The van der Waals surface area contributed by atoms with Gasteiger partial charge in [0.2, 0.25) is 5.91 Å². The van der Waals surface area contributed by atoms with Crippen LogP contribution in [0.3, 0.4) is 0 Å². The lowest BCUT2D eigenvalue weighted by Gasteiger charge is -2.20. The highest BCUT2D eigenvalue weighted by Crippen LogP contribution is 2.10. The summed E-state index contributed by atoms with van der Waals surface area (Å²) in [6.07, 6.45) is 5.74. The first-order valence-electron chi connectivity index (χ1n) is 5.77. The van der Waals surface area contributed by atoms with Crippen molar-refractivity contribution in [2.45, 2.75) is 33.2 Å². The average Bonchev–Trinajstić information content (AvgIpc) is 2.63. The van der Waals surface area contributed by atoms with Gasteiger partial charge in [-0.05, 0) is 6.42 Å². The van der Waals surface area contributed by atoms with Crippen LogP contribution in [0.5, 0.6) is 0 Å². The van der Waals surface area contributed by atoms with Crippen LogP contribution in [-0.4, -0.2) is 27.6 Å². The topological polar surface area (TPSA) is 38.1 Å². The van der Waals surface area contributed by atoms with Crippen LogP contribution < -0.4 is 0 Å². The van der Waals surface area contributed by atoms with E-state index in [1.807, 2.05) is 27.2 Å². The Kier molecular flexibility index (Phi) is 4.52. The molecule has 0 spiro atoms. The van der Waals surface area contributed by atoms with E-state index in [2.05, 4.69) is 12.0 Å². The van der Waals surface area contributed by atoms with Crippen molar-refractivity contribution >= 4 is 5.91 Å². The molecule has 0 aromatic carbocycles. The maximum atomic E-state index is 11.9. The number of aryl methyl sites for hydroxylation is 1. The van der Waals surface area contributed by atoms with Gasteiger partial charge in [0.05, 0.1) is 6.20 Å². The number of hydrogen-bond acceptors (Lipinski definition) is 2. The van der Waals surface area contributed by atoms with E-state index in [0.29, 0.717) is 6.54 Å². The van der Waals surface area contributed by atoms with Crippen LogP contribution in [0.15, 0.2) is 12.4 Å². The van der Waals surface area contributed by atoms with Gasteiger partial charge in [-0.3, -0.25) is 9.48 Å². The normalized spacial score (nSPS) is 12.5. The number of nitrogens with zero attached hydrogens (tertiary/aromatic N) is 3. The van der Waals surface area contributed by atoms with Crippen LogP contribution in [0, 0.1) is 5.92 Å². The van der Waals surface area contributed by atoms with Crippen molar-refractivity contribution in [2.75, 3.05) is 7.05 Å². The highest BCUT2D eigenvalue weighted by Gasteiger charge is 2.16. The molecule has 4 heteroatoms. The molecule has 1 aromatic heterocycles. The number of carbonyl (C=O) groups excluding carboxylic acids is 1. The summed E-state index contributed by atoms with van der Waals surface area (Å²) in [5.41, 5.74) is 1.07. The predicted octanol–water partition coefficient (Wildman–Crippen LogP) is 1.81. The third-order valence-electron chi connectivity index (χ3n) is 2.70. The maximum Gasteiger partial charge on any atom is 0.225 e. The highest BCUT2D eigenvalue weighted by molar-refractivity contribution is 5.78. The van der Waals surface area contributed by atoms with E-state index in [1.165, 1.54) is 0 Å². The molecule has 0 aliphatic carbocycles. The van der Waals surface area contributed by atoms with Crippen LogP contribution in [-0.2, 0) is 18.4 Å². The third kappa shape index (κ3) is 3.36. The fourth-order valence-corrected chi connectivity index (χ4v) is 1.84. The minimum atomic E-state index is 0.117. The predicted molar refractivity (Wildman–Crippen MR) is 63.8 cm³/mol. The van der Waals surface area contributed by atoms with E-state index >= 15 is 0 Å². The molecule has 90 valence electrons. The summed E-state index contributed by atoms with van der Waals surface area (Å²) in [6, 6.07) is 0. The molecule has 1 heterocycles. The standard InChI is InChI=1S/C12H21N3O/c1-5-6-10(2)12(16)14(3)8-11-7-13-15(4)9-11/h7,9-10H,5-6,8H2,1-4H3. The molecule has 0 aliphatic heterocycles. The van der Waals surface area contributed by atoms with Gasteiger partial charge in [-0.2, -0.15) is 5.10 Å². The van der Waals surface area contributed by atoms with E-state index in [-0.39, 0.29) is 11.8 Å². The number of amides is 1. The van der Waals surface area contributed by atoms with Gasteiger partial charge in [0.1, 0.15) is 0 Å². The lowest BCUT2D eigenvalue weighted by molar-refractivity contribution is -0.134. The quantitative estimate of drug-likeness (QED) is 0.763. The molecule has 4 nitrogen and oxygen atoms in total. The van der Waals surface area contributed by atoms with Crippen molar-refractivity contribution in [3.05, 3.63) is 18.0 Å². The Hall–Kier alpha value is -1.32. The van der Waals surface area contributed by atoms with Crippen molar-refractivity contribution in [3.8, 4) is 0 Å². The second-order valence-electron chi connectivity index (χ2n) is 4.41. The second-order valence-corrected chi connectivity index (χ2v) is 4.41. The minimum absolute atomic E-state index is 0.117. The van der Waals surface area contributed by atoms with Crippen LogP contribution in [0.2, 0.25) is 0 Å². The zero-order chi connectivity index (χ0) is 12.1. The molecule has 0 saturated carbocycles. The molecule has 1 rings (SSSR count). The highest BCUT2D eigenvalue weighted by atomic mass is 16.2. The summed E-state index contributed by atoms with van der Waals surface area (Å²) >= 11 is 0. The first-order valence-corrected chi connectivity index (χ1v) is 5.77. The SMILES string of the molecule is CCCC(C)C(=O)N(C)Cc1cnn(C)c1. The monoisotopic (exact) mass is 223 g/mol. The zero-order valence-corrected chi connectivity index (χ0v) is 10.6. The molecule has 1 atom stereocenters. The Morgan fingerprint density at radius 3 is 2.81 bits per heavy atom. The van der Waals surface area contributed by atoms with Crippen molar-refractivity contribution in [1.82, 2.24) is 14.7 Å². The van der Waals surface area contributed by atoms with Crippen LogP contribution in [0.25, 0.3) is 0 Å². The van der Waals surface area contributed by atoms with Crippen molar-refractivity contribution < 1.29 is 4.79 Å². The van der Waals surface area contributed by atoms with Crippen molar-refractivity contribution in [1.29, 1.82) is 0 Å². The van der Waals surface area contributed by atoms with E-state index in [1.54, 1.807) is 15.8 Å². The number of hydrogen-bond donors (Lipinski definition) is 0. The molecule has 0 saturated heterocycles. The molecule has 1 amide bonds. The Balaban J connectivity index is 2.51. The fraction of sp³-hybridized carbons (Fsp3) is 0.667. The third-order valence-corrected chi connectivity index (χ3v) is 2.70. The van der Waals surface area contributed by atoms with Gasteiger partial charge in [0.25, 0.3) is 0 Å². The van der Waals surface area contributed by atoms with E-state index in [9.17, 15) is 4.79 Å². The Morgan fingerprint density at radius 2 is 2.31 bits per heavy atom. The van der Waals surface area contributed by atoms with E-state index < -0.39 is 0 Å². The van der Waals surface area contributed by atoms with Gasteiger partial charge in [-0.1, -0.05) is 20.3 Å². The first kappa shape index (κ1) is 12.7. The fourth-order valence-electron chi connectivity index (χ4n) is 1.84. The van der Waals surface area contributed by atoms with Crippen LogP contribution in [0.4, 0.5) is 0 Å². The largest absolute Gasteiger partial charge is 0.341 e. The van der Waals surface area contributed by atoms with Gasteiger partial charge in [-0.15, -0.1) is 0 Å².